The third kappa shape index (κ3) is 2.82. The van der Waals surface area contributed by atoms with Crippen molar-refractivity contribution in [2.45, 2.75) is 12.5 Å². The van der Waals surface area contributed by atoms with Crippen LogP contribution in [0.4, 0.5) is 5.69 Å². The van der Waals surface area contributed by atoms with Crippen LogP contribution in [0.1, 0.15) is 16.8 Å². The van der Waals surface area contributed by atoms with Gasteiger partial charge in [0, 0.05) is 25.0 Å². The number of halogens is 1. The van der Waals surface area contributed by atoms with Gasteiger partial charge in [-0.3, -0.25) is 14.9 Å². The van der Waals surface area contributed by atoms with Gasteiger partial charge < -0.3 is 4.90 Å². The number of pyridine rings is 1. The third-order valence-electron chi connectivity index (χ3n) is 3.07. The number of nitrogens with zero attached hydrogens (tertiary/aromatic N) is 3. The second kappa shape index (κ2) is 5.75. The quantitative estimate of drug-likeness (QED) is 0.486. The van der Waals surface area contributed by atoms with E-state index in [0.29, 0.717) is 0 Å². The molecule has 0 saturated carbocycles. The molecule has 0 N–H and O–H groups in total. The van der Waals surface area contributed by atoms with Gasteiger partial charge in [-0.05, 0) is 18.2 Å². The summed E-state index contributed by atoms with van der Waals surface area (Å²) in [4.78, 5) is 27.9. The first-order valence-electron chi connectivity index (χ1n) is 5.66. The van der Waals surface area contributed by atoms with Crippen molar-refractivity contribution in [3.8, 4) is 0 Å². The number of rotatable bonds is 3. The zero-order valence-electron chi connectivity index (χ0n) is 10.2. The van der Waals surface area contributed by atoms with Crippen molar-refractivity contribution in [2.75, 3.05) is 18.6 Å². The summed E-state index contributed by atoms with van der Waals surface area (Å²) >= 11 is 7.48. The van der Waals surface area contributed by atoms with E-state index in [2.05, 4.69) is 4.98 Å². The molecule has 0 bridgehead atoms. The number of thioether (sulfide) groups is 1. The highest BCUT2D eigenvalue weighted by Gasteiger charge is 2.30. The topological polar surface area (TPSA) is 76.3 Å². The van der Waals surface area contributed by atoms with Gasteiger partial charge in [0.2, 0.25) is 5.15 Å². The minimum Gasteiger partial charge on any atom is -0.338 e. The van der Waals surface area contributed by atoms with Crippen molar-refractivity contribution in [1.29, 1.82) is 0 Å². The van der Waals surface area contributed by atoms with Crippen molar-refractivity contribution in [3.05, 3.63) is 33.1 Å². The van der Waals surface area contributed by atoms with E-state index in [1.54, 1.807) is 23.7 Å². The molecule has 1 aromatic rings. The highest BCUT2D eigenvalue weighted by molar-refractivity contribution is 7.99. The molecule has 1 aromatic heterocycles. The average molecular weight is 302 g/mol. The predicted octanol–water partition coefficient (Wildman–Crippen LogP) is 2.22. The minimum atomic E-state index is -0.667. The van der Waals surface area contributed by atoms with Gasteiger partial charge in [0.1, 0.15) is 5.56 Å². The summed E-state index contributed by atoms with van der Waals surface area (Å²) in [5, 5.41) is 10.7. The van der Waals surface area contributed by atoms with Gasteiger partial charge in [0.05, 0.1) is 4.92 Å². The van der Waals surface area contributed by atoms with Gasteiger partial charge in [-0.15, -0.1) is 0 Å². The van der Waals surface area contributed by atoms with Crippen LogP contribution >= 0.6 is 23.4 Å². The molecular weight excluding hydrogens is 290 g/mol. The predicted molar refractivity (Wildman–Crippen MR) is 73.7 cm³/mol. The fourth-order valence-electron chi connectivity index (χ4n) is 1.96. The number of carbonyl (C=O) groups excluding carboxylic acids is 1. The number of nitro groups is 1. The number of hydrogen-bond donors (Lipinski definition) is 0. The third-order valence-corrected chi connectivity index (χ3v) is 4.49. The van der Waals surface area contributed by atoms with E-state index >= 15 is 0 Å². The number of carbonyl (C=O) groups is 1. The van der Waals surface area contributed by atoms with Crippen molar-refractivity contribution in [1.82, 2.24) is 9.88 Å². The average Bonchev–Trinajstić information content (AvgIpc) is 2.90. The number of aromatic nitrogens is 1. The van der Waals surface area contributed by atoms with E-state index in [0.717, 1.165) is 17.9 Å². The summed E-state index contributed by atoms with van der Waals surface area (Å²) in [6, 6.07) is 1.45. The van der Waals surface area contributed by atoms with Gasteiger partial charge in [0.25, 0.3) is 5.91 Å². The molecule has 0 spiro atoms. The van der Waals surface area contributed by atoms with Crippen molar-refractivity contribution in [2.24, 2.45) is 0 Å². The lowest BCUT2D eigenvalue weighted by Crippen LogP contribution is -2.37. The summed E-state index contributed by atoms with van der Waals surface area (Å²) in [5.41, 5.74) is -0.434. The Balaban J connectivity index is 2.33. The SMILES string of the molecule is CN(C(=O)c1ccnc(Cl)c1[N+](=O)[O-])C1CCSC1. The van der Waals surface area contributed by atoms with E-state index in [1.807, 2.05) is 0 Å². The van der Waals surface area contributed by atoms with Crippen molar-refractivity contribution < 1.29 is 9.72 Å². The lowest BCUT2D eigenvalue weighted by atomic mass is 10.1. The molecule has 2 heterocycles. The van der Waals surface area contributed by atoms with E-state index in [9.17, 15) is 14.9 Å². The molecule has 19 heavy (non-hydrogen) atoms. The Labute approximate surface area is 119 Å². The van der Waals surface area contributed by atoms with Crippen LogP contribution in [-0.4, -0.2) is 45.3 Å². The number of hydrogen-bond acceptors (Lipinski definition) is 5. The molecule has 0 aliphatic carbocycles. The van der Waals surface area contributed by atoms with Gasteiger partial charge in [-0.2, -0.15) is 11.8 Å². The van der Waals surface area contributed by atoms with Crippen LogP contribution in [0.3, 0.4) is 0 Å². The molecule has 0 aromatic carbocycles. The Morgan fingerprint density at radius 1 is 1.68 bits per heavy atom. The van der Waals surface area contributed by atoms with Crippen LogP contribution in [0.25, 0.3) is 0 Å². The lowest BCUT2D eigenvalue weighted by Gasteiger charge is -2.23. The first-order chi connectivity index (χ1) is 9.02. The van der Waals surface area contributed by atoms with E-state index < -0.39 is 10.6 Å². The maximum atomic E-state index is 12.3. The van der Waals surface area contributed by atoms with Gasteiger partial charge >= 0.3 is 5.69 Å². The molecule has 1 amide bonds. The molecule has 1 atom stereocenters. The molecule has 102 valence electrons. The maximum absolute atomic E-state index is 12.3. The van der Waals surface area contributed by atoms with Gasteiger partial charge in [0.15, 0.2) is 0 Å². The van der Waals surface area contributed by atoms with Crippen LogP contribution in [0.5, 0.6) is 0 Å². The molecule has 8 heteroatoms. The minimum absolute atomic E-state index is 0.00981. The van der Waals surface area contributed by atoms with Crippen LogP contribution in [0.2, 0.25) is 5.15 Å². The molecule has 0 radical (unpaired) electrons. The summed E-state index contributed by atoms with van der Waals surface area (Å²) in [6.45, 7) is 0. The lowest BCUT2D eigenvalue weighted by molar-refractivity contribution is -0.385. The fourth-order valence-corrected chi connectivity index (χ4v) is 3.45. The van der Waals surface area contributed by atoms with E-state index in [4.69, 9.17) is 11.6 Å². The Morgan fingerprint density at radius 3 is 3.00 bits per heavy atom. The highest BCUT2D eigenvalue weighted by atomic mass is 35.5. The summed E-state index contributed by atoms with van der Waals surface area (Å²) in [7, 11) is 1.66. The van der Waals surface area contributed by atoms with Crippen molar-refractivity contribution >= 4 is 35.0 Å². The van der Waals surface area contributed by atoms with Crippen LogP contribution in [0.15, 0.2) is 12.3 Å². The zero-order chi connectivity index (χ0) is 14.0. The maximum Gasteiger partial charge on any atom is 0.319 e. The zero-order valence-corrected chi connectivity index (χ0v) is 11.8. The molecule has 6 nitrogen and oxygen atoms in total. The molecule has 2 rings (SSSR count). The molecule has 1 aliphatic rings. The van der Waals surface area contributed by atoms with Crippen molar-refractivity contribution in [3.63, 3.8) is 0 Å². The molecule has 1 aliphatic heterocycles. The Hall–Kier alpha value is -1.34. The second-order valence-electron chi connectivity index (χ2n) is 4.19. The summed E-state index contributed by atoms with van der Waals surface area (Å²) in [6.07, 6.45) is 2.21. The monoisotopic (exact) mass is 301 g/mol. The smallest absolute Gasteiger partial charge is 0.319 e. The first kappa shape index (κ1) is 14.1. The van der Waals surface area contributed by atoms with E-state index in [-0.39, 0.29) is 22.7 Å². The number of amides is 1. The first-order valence-corrected chi connectivity index (χ1v) is 7.19. The van der Waals surface area contributed by atoms with Gasteiger partial charge in [-0.1, -0.05) is 11.6 Å². The van der Waals surface area contributed by atoms with Crippen LogP contribution in [0, 0.1) is 10.1 Å². The van der Waals surface area contributed by atoms with Crippen LogP contribution < -0.4 is 0 Å². The molecule has 1 fully saturated rings. The summed E-state index contributed by atoms with van der Waals surface area (Å²) < 4.78 is 0. The Bertz CT molecular complexity index is 520. The molecule has 1 unspecified atom stereocenters. The fraction of sp³-hybridized carbons (Fsp3) is 0.455. The highest BCUT2D eigenvalue weighted by Crippen LogP contribution is 2.29. The van der Waals surface area contributed by atoms with E-state index in [1.165, 1.54) is 12.3 Å². The Morgan fingerprint density at radius 2 is 2.42 bits per heavy atom. The normalized spacial score (nSPS) is 18.3. The second-order valence-corrected chi connectivity index (χ2v) is 5.70. The Kier molecular flexibility index (Phi) is 4.26. The largest absolute Gasteiger partial charge is 0.338 e. The summed E-state index contributed by atoms with van der Waals surface area (Å²) in [5.74, 6) is 1.47. The molecule has 1 saturated heterocycles. The standard InChI is InChI=1S/C11H12ClN3O3S/c1-14(7-3-5-19-6-7)11(16)8-2-4-13-10(12)9(8)15(17)18/h2,4,7H,3,5-6H2,1H3. The van der Waals surface area contributed by atoms with Crippen LogP contribution in [-0.2, 0) is 0 Å². The molecular formula is C11H12ClN3O3S. The van der Waals surface area contributed by atoms with Gasteiger partial charge in [-0.25, -0.2) is 4.98 Å².